The lowest BCUT2D eigenvalue weighted by molar-refractivity contribution is -0.141. The second-order valence-corrected chi connectivity index (χ2v) is 8.80. The highest BCUT2D eigenvalue weighted by molar-refractivity contribution is 9.10. The maximum atomic E-state index is 11.8. The SMILES string of the molecule is C[C@H](O)C(=O)N1CCN(CCCOc2ccc3c(nnn3CC3CC3)c2Br)CC1. The Balaban J connectivity index is 1.23. The van der Waals surface area contributed by atoms with Gasteiger partial charge in [-0.15, -0.1) is 5.10 Å². The number of hydrogen-bond acceptors (Lipinski definition) is 6. The maximum absolute atomic E-state index is 11.8. The van der Waals surface area contributed by atoms with E-state index in [1.54, 1.807) is 4.90 Å². The molecule has 158 valence electrons. The van der Waals surface area contributed by atoms with Crippen LogP contribution >= 0.6 is 15.9 Å². The largest absolute Gasteiger partial charge is 0.492 e. The van der Waals surface area contributed by atoms with Crippen molar-refractivity contribution in [2.45, 2.75) is 38.8 Å². The predicted molar refractivity (Wildman–Crippen MR) is 113 cm³/mol. The summed E-state index contributed by atoms with van der Waals surface area (Å²) in [6.45, 7) is 7.01. The van der Waals surface area contributed by atoms with Crippen LogP contribution in [0.5, 0.6) is 5.75 Å². The normalized spacial score (nSPS) is 18.9. The van der Waals surface area contributed by atoms with Gasteiger partial charge < -0.3 is 14.7 Å². The Morgan fingerprint density at radius 1 is 1.31 bits per heavy atom. The van der Waals surface area contributed by atoms with Crippen molar-refractivity contribution in [2.75, 3.05) is 39.3 Å². The maximum Gasteiger partial charge on any atom is 0.251 e. The third-order valence-corrected chi connectivity index (χ3v) is 6.40. The lowest BCUT2D eigenvalue weighted by atomic mass is 10.2. The van der Waals surface area contributed by atoms with Crippen molar-refractivity contribution in [3.8, 4) is 5.75 Å². The molecule has 1 amide bonds. The molecule has 1 aromatic carbocycles. The van der Waals surface area contributed by atoms with E-state index in [0.29, 0.717) is 19.7 Å². The molecule has 2 aromatic rings. The molecule has 1 saturated carbocycles. The van der Waals surface area contributed by atoms with E-state index in [1.165, 1.54) is 19.8 Å². The van der Waals surface area contributed by atoms with Crippen molar-refractivity contribution in [3.05, 3.63) is 16.6 Å². The molecule has 0 radical (unpaired) electrons. The summed E-state index contributed by atoms with van der Waals surface area (Å²) in [7, 11) is 0. The van der Waals surface area contributed by atoms with Crippen molar-refractivity contribution in [1.29, 1.82) is 0 Å². The molecule has 1 aliphatic carbocycles. The lowest BCUT2D eigenvalue weighted by Gasteiger charge is -2.35. The number of piperazine rings is 1. The van der Waals surface area contributed by atoms with Crippen LogP contribution in [0.2, 0.25) is 0 Å². The van der Waals surface area contributed by atoms with E-state index in [2.05, 4.69) is 31.1 Å². The second kappa shape index (κ2) is 8.97. The van der Waals surface area contributed by atoms with Gasteiger partial charge in [-0.3, -0.25) is 9.69 Å². The number of ether oxygens (including phenoxy) is 1. The number of carbonyl (C=O) groups excluding carboxylic acids is 1. The van der Waals surface area contributed by atoms with Crippen molar-refractivity contribution < 1.29 is 14.6 Å². The van der Waals surface area contributed by atoms with E-state index in [0.717, 1.165) is 59.8 Å². The number of nitrogens with zero attached hydrogens (tertiary/aromatic N) is 5. The van der Waals surface area contributed by atoms with Gasteiger partial charge in [0.15, 0.2) is 0 Å². The summed E-state index contributed by atoms with van der Waals surface area (Å²) >= 11 is 3.63. The summed E-state index contributed by atoms with van der Waals surface area (Å²) in [4.78, 5) is 15.9. The van der Waals surface area contributed by atoms with E-state index < -0.39 is 6.10 Å². The van der Waals surface area contributed by atoms with Crippen LogP contribution in [0.25, 0.3) is 11.0 Å². The van der Waals surface area contributed by atoms with E-state index >= 15 is 0 Å². The number of rotatable bonds is 8. The molecule has 2 heterocycles. The molecule has 0 bridgehead atoms. The van der Waals surface area contributed by atoms with Crippen LogP contribution in [0, 0.1) is 5.92 Å². The van der Waals surface area contributed by atoms with Crippen LogP contribution in [0.3, 0.4) is 0 Å². The first kappa shape index (κ1) is 20.6. The molecule has 1 aliphatic heterocycles. The van der Waals surface area contributed by atoms with Crippen LogP contribution in [0.1, 0.15) is 26.2 Å². The van der Waals surface area contributed by atoms with Gasteiger partial charge in [0.25, 0.3) is 5.91 Å². The molecule has 9 heteroatoms. The number of hydrogen-bond donors (Lipinski definition) is 1. The summed E-state index contributed by atoms with van der Waals surface area (Å²) < 4.78 is 8.83. The van der Waals surface area contributed by atoms with Crippen LogP contribution in [-0.4, -0.2) is 81.2 Å². The highest BCUT2D eigenvalue weighted by Gasteiger charge is 2.24. The Morgan fingerprint density at radius 3 is 2.76 bits per heavy atom. The number of halogens is 1. The summed E-state index contributed by atoms with van der Waals surface area (Å²) in [6.07, 6.45) is 2.56. The molecule has 1 N–H and O–H groups in total. The molecule has 29 heavy (non-hydrogen) atoms. The molecule has 1 aromatic heterocycles. The Labute approximate surface area is 178 Å². The zero-order chi connectivity index (χ0) is 20.4. The minimum absolute atomic E-state index is 0.178. The number of amides is 1. The molecule has 4 rings (SSSR count). The lowest BCUT2D eigenvalue weighted by Crippen LogP contribution is -2.51. The Bertz CT molecular complexity index is 859. The van der Waals surface area contributed by atoms with Gasteiger partial charge in [0, 0.05) is 39.3 Å². The number of fused-ring (bicyclic) bond motifs is 1. The number of aliphatic hydroxyl groups excluding tert-OH is 1. The van der Waals surface area contributed by atoms with E-state index in [-0.39, 0.29) is 5.91 Å². The van der Waals surface area contributed by atoms with Gasteiger partial charge in [0.05, 0.1) is 16.6 Å². The first-order chi connectivity index (χ1) is 14.0. The van der Waals surface area contributed by atoms with Gasteiger partial charge in [-0.05, 0) is 60.2 Å². The van der Waals surface area contributed by atoms with Crippen molar-refractivity contribution in [2.24, 2.45) is 5.92 Å². The zero-order valence-corrected chi connectivity index (χ0v) is 18.3. The van der Waals surface area contributed by atoms with Crippen molar-refractivity contribution >= 4 is 32.9 Å². The minimum atomic E-state index is -0.916. The fourth-order valence-electron chi connectivity index (χ4n) is 3.70. The number of carbonyl (C=O) groups is 1. The van der Waals surface area contributed by atoms with E-state index in [4.69, 9.17) is 4.74 Å². The summed E-state index contributed by atoms with van der Waals surface area (Å²) in [5, 5.41) is 18.0. The van der Waals surface area contributed by atoms with E-state index in [1.807, 2.05) is 16.8 Å². The third-order valence-electron chi connectivity index (χ3n) is 5.64. The van der Waals surface area contributed by atoms with Gasteiger partial charge in [-0.25, -0.2) is 4.68 Å². The number of benzene rings is 1. The summed E-state index contributed by atoms with van der Waals surface area (Å²) in [6, 6.07) is 4.02. The van der Waals surface area contributed by atoms with Crippen LogP contribution in [-0.2, 0) is 11.3 Å². The highest BCUT2D eigenvalue weighted by Crippen LogP contribution is 2.34. The standard InChI is InChI=1S/C20H28BrN5O3/c1-14(27)20(28)25-10-8-24(9-11-25)7-2-12-29-17-6-5-16-19(18(17)21)22-23-26(16)13-15-3-4-15/h5-6,14-15,27H,2-4,7-13H2,1H3/t14-/m0/s1. The van der Waals surface area contributed by atoms with Crippen LogP contribution in [0.4, 0.5) is 0 Å². The Morgan fingerprint density at radius 2 is 2.07 bits per heavy atom. The molecular weight excluding hydrogens is 438 g/mol. The smallest absolute Gasteiger partial charge is 0.251 e. The quantitative estimate of drug-likeness (QED) is 0.599. The van der Waals surface area contributed by atoms with Gasteiger partial charge in [-0.1, -0.05) is 5.21 Å². The minimum Gasteiger partial charge on any atom is -0.492 e. The third kappa shape index (κ3) is 4.90. The number of aromatic nitrogens is 3. The van der Waals surface area contributed by atoms with E-state index in [9.17, 15) is 9.90 Å². The molecule has 2 fully saturated rings. The first-order valence-electron chi connectivity index (χ1n) is 10.4. The molecule has 2 aliphatic rings. The predicted octanol–water partition coefficient (Wildman–Crippen LogP) is 1.90. The van der Waals surface area contributed by atoms with Crippen LogP contribution in [0.15, 0.2) is 16.6 Å². The van der Waals surface area contributed by atoms with Gasteiger partial charge in [0.1, 0.15) is 17.4 Å². The molecule has 0 unspecified atom stereocenters. The summed E-state index contributed by atoms with van der Waals surface area (Å²) in [5.41, 5.74) is 1.89. The topological polar surface area (TPSA) is 83.7 Å². The average molecular weight is 466 g/mol. The molecule has 8 nitrogen and oxygen atoms in total. The Kier molecular flexibility index (Phi) is 6.36. The number of aliphatic hydroxyl groups is 1. The van der Waals surface area contributed by atoms with Crippen molar-refractivity contribution in [3.63, 3.8) is 0 Å². The highest BCUT2D eigenvalue weighted by atomic mass is 79.9. The van der Waals surface area contributed by atoms with Crippen LogP contribution < -0.4 is 4.74 Å². The molecule has 1 saturated heterocycles. The zero-order valence-electron chi connectivity index (χ0n) is 16.8. The second-order valence-electron chi connectivity index (χ2n) is 8.01. The average Bonchev–Trinajstić information content (AvgIpc) is 3.45. The summed E-state index contributed by atoms with van der Waals surface area (Å²) in [5.74, 6) is 1.37. The molecule has 1 atom stereocenters. The molecule has 0 spiro atoms. The van der Waals surface area contributed by atoms with Gasteiger partial charge in [-0.2, -0.15) is 0 Å². The fourth-order valence-corrected chi connectivity index (χ4v) is 4.23. The van der Waals surface area contributed by atoms with Gasteiger partial charge >= 0.3 is 0 Å². The monoisotopic (exact) mass is 465 g/mol. The Hall–Kier alpha value is -1.71. The van der Waals surface area contributed by atoms with Gasteiger partial charge in [0.2, 0.25) is 0 Å². The molecular formula is C20H28BrN5O3. The first-order valence-corrected chi connectivity index (χ1v) is 11.2. The van der Waals surface area contributed by atoms with Crippen molar-refractivity contribution in [1.82, 2.24) is 24.8 Å². The fraction of sp³-hybridized carbons (Fsp3) is 0.650.